The Morgan fingerprint density at radius 1 is 1.00 bits per heavy atom. The van der Waals surface area contributed by atoms with Crippen LogP contribution in [0.5, 0.6) is 0 Å². The molecule has 18 heavy (non-hydrogen) atoms. The maximum absolute atomic E-state index is 4.64. The summed E-state index contributed by atoms with van der Waals surface area (Å²) in [5.74, 6) is 1.06. The van der Waals surface area contributed by atoms with Gasteiger partial charge in [-0.05, 0) is 45.3 Å². The second-order valence-electron chi connectivity index (χ2n) is 5.23. The van der Waals surface area contributed by atoms with Gasteiger partial charge in [0.2, 0.25) is 0 Å². The number of halogens is 1. The van der Waals surface area contributed by atoms with Crippen molar-refractivity contribution in [2.75, 3.05) is 54.4 Å². The van der Waals surface area contributed by atoms with Gasteiger partial charge in [-0.3, -0.25) is 4.99 Å². The maximum Gasteiger partial charge on any atom is 0.195 e. The third-order valence-corrected chi connectivity index (χ3v) is 3.13. The molecule has 0 aromatic rings. The van der Waals surface area contributed by atoms with Crippen LogP contribution in [-0.2, 0) is 0 Å². The minimum absolute atomic E-state index is 0. The fraction of sp³-hybridized carbons (Fsp3) is 0.923. The van der Waals surface area contributed by atoms with Gasteiger partial charge in [-0.1, -0.05) is 0 Å². The van der Waals surface area contributed by atoms with Gasteiger partial charge in [0.1, 0.15) is 0 Å². The molecule has 0 unspecified atom stereocenters. The fourth-order valence-electron chi connectivity index (χ4n) is 2.32. The Hall–Kier alpha value is -0.0400. The Morgan fingerprint density at radius 3 is 2.06 bits per heavy atom. The molecule has 1 rings (SSSR count). The Kier molecular flexibility index (Phi) is 9.81. The summed E-state index contributed by atoms with van der Waals surface area (Å²) in [6, 6.07) is 0. The lowest BCUT2D eigenvalue weighted by Crippen LogP contribution is -2.35. The quantitative estimate of drug-likeness (QED) is 0.321. The van der Waals surface area contributed by atoms with Crippen molar-refractivity contribution in [3.05, 3.63) is 0 Å². The monoisotopic (exact) mass is 368 g/mol. The van der Waals surface area contributed by atoms with Gasteiger partial charge in [-0.2, -0.15) is 0 Å². The highest BCUT2D eigenvalue weighted by molar-refractivity contribution is 14.0. The summed E-state index contributed by atoms with van der Waals surface area (Å²) in [5.41, 5.74) is 0. The molecule has 0 aromatic heterocycles. The summed E-state index contributed by atoms with van der Waals surface area (Å²) in [7, 11) is 8.18. The number of guanidine groups is 1. The van der Waals surface area contributed by atoms with Crippen LogP contribution in [0.1, 0.15) is 25.7 Å². The van der Waals surface area contributed by atoms with Crippen LogP contribution in [-0.4, -0.2) is 75.0 Å². The van der Waals surface area contributed by atoms with E-state index in [1.54, 1.807) is 0 Å². The van der Waals surface area contributed by atoms with E-state index in [9.17, 15) is 0 Å². The van der Waals surface area contributed by atoms with Crippen LogP contribution in [0, 0.1) is 0 Å². The predicted molar refractivity (Wildman–Crippen MR) is 90.0 cm³/mol. The van der Waals surface area contributed by atoms with Crippen molar-refractivity contribution < 1.29 is 0 Å². The summed E-state index contributed by atoms with van der Waals surface area (Å²) in [6.07, 6.45) is 5.26. The minimum Gasteiger partial charge on any atom is -0.349 e. The van der Waals surface area contributed by atoms with Crippen LogP contribution in [0.3, 0.4) is 0 Å². The molecule has 0 saturated carbocycles. The van der Waals surface area contributed by atoms with Gasteiger partial charge in [-0.15, -0.1) is 24.0 Å². The van der Waals surface area contributed by atoms with Gasteiger partial charge >= 0.3 is 0 Å². The van der Waals surface area contributed by atoms with E-state index in [4.69, 9.17) is 0 Å². The zero-order valence-corrected chi connectivity index (χ0v) is 14.7. The molecule has 108 valence electrons. The first kappa shape index (κ1) is 18.0. The van der Waals surface area contributed by atoms with E-state index in [0.717, 1.165) is 12.5 Å². The van der Waals surface area contributed by atoms with Crippen LogP contribution in [0.15, 0.2) is 4.99 Å². The van der Waals surface area contributed by atoms with Crippen LogP contribution in [0.25, 0.3) is 0 Å². The van der Waals surface area contributed by atoms with E-state index in [2.05, 4.69) is 19.7 Å². The molecule has 1 aliphatic heterocycles. The molecule has 1 fully saturated rings. The number of unbranched alkanes of at least 4 members (excludes halogenated alkanes) is 1. The summed E-state index contributed by atoms with van der Waals surface area (Å²) in [5, 5.41) is 0. The number of hydrogen-bond donors (Lipinski definition) is 0. The van der Waals surface area contributed by atoms with Crippen molar-refractivity contribution >= 4 is 29.9 Å². The third-order valence-electron chi connectivity index (χ3n) is 3.13. The van der Waals surface area contributed by atoms with Gasteiger partial charge in [-0.25, -0.2) is 0 Å². The molecule has 0 spiro atoms. The van der Waals surface area contributed by atoms with E-state index in [-0.39, 0.29) is 24.0 Å². The highest BCUT2D eigenvalue weighted by Crippen LogP contribution is 2.08. The Balaban J connectivity index is 0.00000289. The first-order valence-electron chi connectivity index (χ1n) is 6.72. The summed E-state index contributed by atoms with van der Waals surface area (Å²) in [4.78, 5) is 11.3. The van der Waals surface area contributed by atoms with Crippen molar-refractivity contribution in [2.24, 2.45) is 4.99 Å². The van der Waals surface area contributed by atoms with Crippen molar-refractivity contribution in [3.63, 3.8) is 0 Å². The number of aliphatic imine (C=N–C) groups is 1. The molecule has 0 atom stereocenters. The van der Waals surface area contributed by atoms with Gasteiger partial charge in [0.15, 0.2) is 5.96 Å². The molecule has 1 aliphatic rings. The Morgan fingerprint density at radius 2 is 1.56 bits per heavy atom. The largest absolute Gasteiger partial charge is 0.349 e. The van der Waals surface area contributed by atoms with Gasteiger partial charge in [0, 0.05) is 34.7 Å². The number of likely N-dealkylation sites (tertiary alicyclic amines) is 1. The zero-order valence-electron chi connectivity index (χ0n) is 12.4. The van der Waals surface area contributed by atoms with Crippen LogP contribution < -0.4 is 0 Å². The van der Waals surface area contributed by atoms with Crippen LogP contribution in [0.4, 0.5) is 0 Å². The zero-order chi connectivity index (χ0) is 12.7. The lowest BCUT2D eigenvalue weighted by atomic mass is 10.3. The van der Waals surface area contributed by atoms with Crippen LogP contribution in [0.2, 0.25) is 0 Å². The highest BCUT2D eigenvalue weighted by atomic mass is 127. The lowest BCUT2D eigenvalue weighted by Gasteiger charge is -2.22. The van der Waals surface area contributed by atoms with E-state index < -0.39 is 0 Å². The number of nitrogens with zero attached hydrogens (tertiary/aromatic N) is 4. The molecule has 0 radical (unpaired) electrons. The van der Waals surface area contributed by atoms with Crippen LogP contribution >= 0.6 is 24.0 Å². The first-order valence-corrected chi connectivity index (χ1v) is 6.72. The smallest absolute Gasteiger partial charge is 0.195 e. The lowest BCUT2D eigenvalue weighted by molar-refractivity contribution is 0.331. The predicted octanol–water partition coefficient (Wildman–Crippen LogP) is 1.96. The van der Waals surface area contributed by atoms with Gasteiger partial charge < -0.3 is 14.7 Å². The highest BCUT2D eigenvalue weighted by Gasteiger charge is 2.10. The molecule has 0 bridgehead atoms. The van der Waals surface area contributed by atoms with E-state index in [0.29, 0.717) is 0 Å². The first-order chi connectivity index (χ1) is 8.11. The molecule has 5 heteroatoms. The molecule has 0 aromatic carbocycles. The SMILES string of the molecule is CN(C)C(=NCCCCN1CCCC1)N(C)C.I. The number of rotatable bonds is 5. The average molecular weight is 368 g/mol. The Labute approximate surface area is 129 Å². The molecule has 0 amide bonds. The standard InChI is InChI=1S/C13H28N4.HI/c1-15(2)13(16(3)4)14-9-5-6-10-17-11-7-8-12-17;/h5-12H2,1-4H3;1H. The second-order valence-corrected chi connectivity index (χ2v) is 5.23. The summed E-state index contributed by atoms with van der Waals surface area (Å²) >= 11 is 0. The number of hydrogen-bond acceptors (Lipinski definition) is 2. The van der Waals surface area contributed by atoms with E-state index >= 15 is 0 Å². The molecular formula is C13H29IN4. The fourth-order valence-corrected chi connectivity index (χ4v) is 2.32. The van der Waals surface area contributed by atoms with Crippen molar-refractivity contribution in [1.82, 2.24) is 14.7 Å². The average Bonchev–Trinajstić information content (AvgIpc) is 2.74. The summed E-state index contributed by atoms with van der Waals surface area (Å²) < 4.78 is 0. The normalized spacial score (nSPS) is 15.1. The molecular weight excluding hydrogens is 339 g/mol. The molecule has 0 aliphatic carbocycles. The van der Waals surface area contributed by atoms with Gasteiger partial charge in [0.25, 0.3) is 0 Å². The third kappa shape index (κ3) is 6.78. The minimum atomic E-state index is 0. The van der Waals surface area contributed by atoms with Crippen molar-refractivity contribution in [3.8, 4) is 0 Å². The van der Waals surface area contributed by atoms with Crippen molar-refractivity contribution in [1.29, 1.82) is 0 Å². The maximum atomic E-state index is 4.64. The topological polar surface area (TPSA) is 22.1 Å². The second kappa shape index (κ2) is 9.83. The molecule has 0 N–H and O–H groups in total. The van der Waals surface area contributed by atoms with E-state index in [1.807, 2.05) is 28.2 Å². The van der Waals surface area contributed by atoms with Crippen molar-refractivity contribution in [2.45, 2.75) is 25.7 Å². The molecule has 1 heterocycles. The Bertz CT molecular complexity index is 225. The summed E-state index contributed by atoms with van der Waals surface area (Å²) in [6.45, 7) is 4.82. The molecule has 1 saturated heterocycles. The van der Waals surface area contributed by atoms with Gasteiger partial charge in [0.05, 0.1) is 0 Å². The van der Waals surface area contributed by atoms with E-state index in [1.165, 1.54) is 45.3 Å². The molecule has 4 nitrogen and oxygen atoms in total.